The van der Waals surface area contributed by atoms with Gasteiger partial charge in [0.1, 0.15) is 18.0 Å². The molecule has 0 bridgehead atoms. The van der Waals surface area contributed by atoms with Crippen LogP contribution in [0.15, 0.2) is 24.3 Å². The number of nitro benzene ring substituents is 1. The third-order valence-corrected chi connectivity index (χ3v) is 4.27. The lowest BCUT2D eigenvalue weighted by Gasteiger charge is -2.19. The topological polar surface area (TPSA) is 134 Å². The second kappa shape index (κ2) is 20.7. The number of ether oxygens (including phenoxy) is 8. The SMILES string of the molecule is CC(C)(C)OC(=O)CCOCCOCCOCCOCCOCCOCCOc1ccc([N+](=O)[O-])cc1. The number of non-ortho nitro benzene ring substituents is 1. The number of esters is 1. The van der Waals surface area contributed by atoms with Gasteiger partial charge in [-0.25, -0.2) is 0 Å². The number of hydrogen-bond acceptors (Lipinski definition) is 11. The molecule has 1 rings (SSSR count). The lowest BCUT2D eigenvalue weighted by Crippen LogP contribution is -2.24. The Hall–Kier alpha value is -2.35. The van der Waals surface area contributed by atoms with Crippen molar-refractivity contribution < 1.29 is 47.6 Å². The van der Waals surface area contributed by atoms with E-state index in [1.54, 1.807) is 12.1 Å². The van der Waals surface area contributed by atoms with Crippen LogP contribution < -0.4 is 4.74 Å². The van der Waals surface area contributed by atoms with Gasteiger partial charge in [-0.05, 0) is 32.9 Å². The van der Waals surface area contributed by atoms with Crippen LogP contribution in [0.4, 0.5) is 5.69 Å². The van der Waals surface area contributed by atoms with Gasteiger partial charge in [-0.3, -0.25) is 14.9 Å². The van der Waals surface area contributed by atoms with Crippen LogP contribution in [0.5, 0.6) is 5.75 Å². The summed E-state index contributed by atoms with van der Waals surface area (Å²) in [5.41, 5.74) is -0.454. The first kappa shape index (κ1) is 32.7. The van der Waals surface area contributed by atoms with E-state index in [0.717, 1.165) is 0 Å². The average Bonchev–Trinajstić information content (AvgIpc) is 2.84. The zero-order chi connectivity index (χ0) is 27.2. The Bertz CT molecular complexity index is 722. The summed E-state index contributed by atoms with van der Waals surface area (Å²) < 4.78 is 43.0. The van der Waals surface area contributed by atoms with Gasteiger partial charge in [-0.2, -0.15) is 0 Å². The van der Waals surface area contributed by atoms with Crippen molar-refractivity contribution in [3.63, 3.8) is 0 Å². The molecule has 0 unspecified atom stereocenters. The van der Waals surface area contributed by atoms with Crippen molar-refractivity contribution in [1.82, 2.24) is 0 Å². The minimum absolute atomic E-state index is 0.0236. The quantitative estimate of drug-likeness (QED) is 0.0893. The number of rotatable bonds is 23. The molecule has 0 heterocycles. The van der Waals surface area contributed by atoms with Gasteiger partial charge in [-0.15, -0.1) is 0 Å². The lowest BCUT2D eigenvalue weighted by molar-refractivity contribution is -0.384. The van der Waals surface area contributed by atoms with E-state index >= 15 is 0 Å². The Morgan fingerprint density at radius 1 is 0.676 bits per heavy atom. The first-order valence-corrected chi connectivity index (χ1v) is 12.3. The number of hydrogen-bond donors (Lipinski definition) is 0. The van der Waals surface area contributed by atoms with Crippen molar-refractivity contribution in [2.45, 2.75) is 32.8 Å². The van der Waals surface area contributed by atoms with Crippen LogP contribution >= 0.6 is 0 Å². The molecule has 0 saturated heterocycles. The van der Waals surface area contributed by atoms with E-state index in [1.165, 1.54) is 12.1 Å². The molecule has 37 heavy (non-hydrogen) atoms. The fraction of sp³-hybridized carbons (Fsp3) is 0.720. The van der Waals surface area contributed by atoms with E-state index < -0.39 is 10.5 Å². The molecule has 1 aromatic rings. The molecule has 0 aliphatic carbocycles. The van der Waals surface area contributed by atoms with E-state index in [-0.39, 0.29) is 18.1 Å². The van der Waals surface area contributed by atoms with E-state index in [4.69, 9.17) is 37.9 Å². The molecular formula is C25H41NO11. The third kappa shape index (κ3) is 20.4. The number of carbonyl (C=O) groups excluding carboxylic acids is 1. The van der Waals surface area contributed by atoms with Crippen LogP contribution in [0.2, 0.25) is 0 Å². The van der Waals surface area contributed by atoms with Gasteiger partial charge in [0.15, 0.2) is 0 Å². The van der Waals surface area contributed by atoms with Crippen LogP contribution in [0.3, 0.4) is 0 Å². The summed E-state index contributed by atoms with van der Waals surface area (Å²) >= 11 is 0. The van der Waals surface area contributed by atoms with Gasteiger partial charge in [-0.1, -0.05) is 0 Å². The molecule has 0 amide bonds. The highest BCUT2D eigenvalue weighted by atomic mass is 16.6. The number of carbonyl (C=O) groups is 1. The molecule has 12 heteroatoms. The maximum Gasteiger partial charge on any atom is 0.308 e. The van der Waals surface area contributed by atoms with Crippen molar-refractivity contribution in [1.29, 1.82) is 0 Å². The predicted octanol–water partition coefficient (Wildman–Crippen LogP) is 2.81. The number of nitro groups is 1. The van der Waals surface area contributed by atoms with E-state index in [2.05, 4.69) is 0 Å². The zero-order valence-corrected chi connectivity index (χ0v) is 22.1. The summed E-state index contributed by atoms with van der Waals surface area (Å²) in [7, 11) is 0. The van der Waals surface area contributed by atoms with Gasteiger partial charge in [0.2, 0.25) is 0 Å². The highest BCUT2D eigenvalue weighted by molar-refractivity contribution is 5.69. The summed E-state index contributed by atoms with van der Waals surface area (Å²) in [4.78, 5) is 21.7. The highest BCUT2D eigenvalue weighted by Crippen LogP contribution is 2.17. The van der Waals surface area contributed by atoms with Gasteiger partial charge in [0.25, 0.3) is 5.69 Å². The zero-order valence-electron chi connectivity index (χ0n) is 22.1. The van der Waals surface area contributed by atoms with Crippen molar-refractivity contribution in [3.8, 4) is 5.75 Å². The smallest absolute Gasteiger partial charge is 0.308 e. The first-order chi connectivity index (χ1) is 17.8. The van der Waals surface area contributed by atoms with Crippen LogP contribution in [0.25, 0.3) is 0 Å². The lowest BCUT2D eigenvalue weighted by atomic mass is 10.2. The Morgan fingerprint density at radius 3 is 1.43 bits per heavy atom. The summed E-state index contributed by atoms with van der Waals surface area (Å²) in [6.07, 6.45) is 0.225. The fourth-order valence-corrected chi connectivity index (χ4v) is 2.63. The summed E-state index contributed by atoms with van der Waals surface area (Å²) in [5, 5.41) is 10.6. The molecule has 0 N–H and O–H groups in total. The van der Waals surface area contributed by atoms with Crippen LogP contribution in [0.1, 0.15) is 27.2 Å². The largest absolute Gasteiger partial charge is 0.491 e. The van der Waals surface area contributed by atoms with E-state index in [0.29, 0.717) is 91.6 Å². The predicted molar refractivity (Wildman–Crippen MR) is 134 cm³/mol. The van der Waals surface area contributed by atoms with Gasteiger partial charge >= 0.3 is 5.97 Å². The van der Waals surface area contributed by atoms with Crippen molar-refractivity contribution in [3.05, 3.63) is 34.4 Å². The third-order valence-electron chi connectivity index (χ3n) is 4.27. The average molecular weight is 532 g/mol. The molecule has 1 aromatic carbocycles. The Morgan fingerprint density at radius 2 is 1.05 bits per heavy atom. The molecule has 0 aliphatic rings. The molecule has 0 atom stereocenters. The molecule has 12 nitrogen and oxygen atoms in total. The molecule has 0 aromatic heterocycles. The number of nitrogens with zero attached hydrogens (tertiary/aromatic N) is 1. The Kier molecular flexibility index (Phi) is 18.3. The minimum Gasteiger partial charge on any atom is -0.491 e. The van der Waals surface area contributed by atoms with Crippen molar-refractivity contribution in [2.24, 2.45) is 0 Å². The first-order valence-electron chi connectivity index (χ1n) is 12.3. The molecule has 0 fully saturated rings. The molecule has 0 radical (unpaired) electrons. The maximum absolute atomic E-state index is 11.5. The molecular weight excluding hydrogens is 490 g/mol. The summed E-state index contributed by atoms with van der Waals surface area (Å²) in [6, 6.07) is 5.89. The van der Waals surface area contributed by atoms with Gasteiger partial charge < -0.3 is 37.9 Å². The Labute approximate surface area is 218 Å². The normalized spacial score (nSPS) is 11.4. The van der Waals surface area contributed by atoms with E-state index in [9.17, 15) is 14.9 Å². The molecule has 0 saturated carbocycles. The van der Waals surface area contributed by atoms with Crippen LogP contribution in [0, 0.1) is 10.1 Å². The standard InChI is InChI=1S/C25H41NO11/c1-25(2,3)37-24(27)8-9-30-10-11-31-12-13-32-14-15-33-16-17-34-18-19-35-20-21-36-23-6-4-22(5-7-23)26(28)29/h4-7H,8-21H2,1-3H3. The molecule has 0 aliphatic heterocycles. The van der Waals surface area contributed by atoms with Crippen LogP contribution in [-0.4, -0.2) is 102 Å². The second-order valence-electron chi connectivity index (χ2n) is 8.61. The van der Waals surface area contributed by atoms with Gasteiger partial charge in [0.05, 0.1) is 90.6 Å². The minimum atomic E-state index is -0.478. The molecule has 212 valence electrons. The monoisotopic (exact) mass is 531 g/mol. The number of benzene rings is 1. The van der Waals surface area contributed by atoms with Crippen LogP contribution in [-0.2, 0) is 38.0 Å². The maximum atomic E-state index is 11.5. The van der Waals surface area contributed by atoms with Gasteiger partial charge in [0, 0.05) is 12.1 Å². The second-order valence-corrected chi connectivity index (χ2v) is 8.61. The summed E-state index contributed by atoms with van der Waals surface area (Å²) in [5.74, 6) is 0.281. The van der Waals surface area contributed by atoms with E-state index in [1.807, 2.05) is 20.8 Å². The highest BCUT2D eigenvalue weighted by Gasteiger charge is 2.15. The van der Waals surface area contributed by atoms with Crippen molar-refractivity contribution in [2.75, 3.05) is 85.9 Å². The summed E-state index contributed by atoms with van der Waals surface area (Å²) in [6.45, 7) is 11.0. The Balaban J connectivity index is 1.74. The van der Waals surface area contributed by atoms with Crippen molar-refractivity contribution >= 4 is 11.7 Å². The molecule has 0 spiro atoms. The fourth-order valence-electron chi connectivity index (χ4n) is 2.63.